The van der Waals surface area contributed by atoms with Crippen LogP contribution < -0.4 is 10.2 Å². The largest absolute Gasteiger partial charge is 0.493 e. The third-order valence-corrected chi connectivity index (χ3v) is 5.99. The zero-order valence-corrected chi connectivity index (χ0v) is 16.7. The first-order valence-electron chi connectivity index (χ1n) is 9.63. The topological polar surface area (TPSA) is 52.8 Å². The molecule has 4 rings (SSSR count). The number of fused-ring (bicyclic) bond motifs is 1. The van der Waals surface area contributed by atoms with Crippen LogP contribution in [0.2, 0.25) is 0 Å². The van der Waals surface area contributed by atoms with Crippen molar-refractivity contribution >= 4 is 5.78 Å². The third-order valence-electron chi connectivity index (χ3n) is 5.99. The summed E-state index contributed by atoms with van der Waals surface area (Å²) in [6.45, 7) is 4.86. The Bertz CT molecular complexity index is 1030. The molecule has 1 aromatic heterocycles. The molecule has 1 fully saturated rings. The van der Waals surface area contributed by atoms with Crippen molar-refractivity contribution in [1.29, 1.82) is 0 Å². The maximum Gasteiger partial charge on any atom is 0.175 e. The first-order chi connectivity index (χ1) is 13.5. The van der Waals surface area contributed by atoms with Crippen molar-refractivity contribution in [2.24, 2.45) is 17.5 Å². The Kier molecular flexibility index (Phi) is 4.71. The van der Waals surface area contributed by atoms with Crippen molar-refractivity contribution in [3.05, 3.63) is 59.2 Å². The fraction of sp³-hybridized carbons (Fsp3) is 0.391. The number of carbonyl (C=O) groups excluding carboxylic acids is 1. The van der Waals surface area contributed by atoms with Gasteiger partial charge in [-0.3, -0.25) is 4.79 Å². The summed E-state index contributed by atoms with van der Waals surface area (Å²) in [5.74, 6) is 0.922. The molecule has 0 amide bonds. The molecule has 5 nitrogen and oxygen atoms in total. The Morgan fingerprint density at radius 2 is 1.93 bits per heavy atom. The highest BCUT2D eigenvalue weighted by Gasteiger charge is 2.45. The predicted octanol–water partition coefficient (Wildman–Crippen LogP) is 3.67. The van der Waals surface area contributed by atoms with Crippen LogP contribution in [0.25, 0.3) is 11.3 Å². The van der Waals surface area contributed by atoms with Crippen LogP contribution >= 0.6 is 0 Å². The molecule has 0 radical (unpaired) electrons. The monoisotopic (exact) mass is 378 g/mol. The average molecular weight is 378 g/mol. The Hall–Kier alpha value is -2.66. The van der Waals surface area contributed by atoms with E-state index < -0.39 is 0 Å². The number of benzene rings is 1. The number of rotatable bonds is 6. The predicted molar refractivity (Wildman–Crippen MR) is 108 cm³/mol. The molecule has 1 saturated carbocycles. The molecule has 0 aliphatic heterocycles. The van der Waals surface area contributed by atoms with E-state index in [0.29, 0.717) is 18.8 Å². The summed E-state index contributed by atoms with van der Waals surface area (Å²) in [5, 5.41) is 0. The van der Waals surface area contributed by atoms with Crippen LogP contribution in [0.3, 0.4) is 0 Å². The molecule has 0 unspecified atom stereocenters. The van der Waals surface area contributed by atoms with Crippen molar-refractivity contribution in [2.45, 2.75) is 25.7 Å². The maximum atomic E-state index is 12.2. The quantitative estimate of drug-likeness (QED) is 0.771. The fourth-order valence-electron chi connectivity index (χ4n) is 4.10. The van der Waals surface area contributed by atoms with Gasteiger partial charge in [0, 0.05) is 48.5 Å². The van der Waals surface area contributed by atoms with Gasteiger partial charge in [-0.05, 0) is 37.0 Å². The van der Waals surface area contributed by atoms with Crippen LogP contribution in [0.5, 0.6) is 5.75 Å². The number of hydrogen-bond acceptors (Lipinski definition) is 4. The fourth-order valence-corrected chi connectivity index (χ4v) is 4.10. The Labute approximate surface area is 165 Å². The van der Waals surface area contributed by atoms with Crippen LogP contribution in [0.1, 0.15) is 35.2 Å². The summed E-state index contributed by atoms with van der Waals surface area (Å²) in [5.41, 5.74) is 5.56. The Morgan fingerprint density at radius 3 is 2.61 bits per heavy atom. The minimum atomic E-state index is -0.0524. The molecular formula is C23H26N2O3. The third kappa shape index (κ3) is 3.00. The van der Waals surface area contributed by atoms with Gasteiger partial charge in [-0.2, -0.15) is 0 Å². The molecule has 28 heavy (non-hydrogen) atoms. The second-order valence-electron chi connectivity index (χ2n) is 7.70. The molecule has 1 heterocycles. The number of methoxy groups -OCH3 is 2. The van der Waals surface area contributed by atoms with E-state index in [4.69, 9.17) is 14.5 Å². The van der Waals surface area contributed by atoms with E-state index in [2.05, 4.69) is 12.6 Å². The first kappa shape index (κ1) is 18.7. The highest BCUT2D eigenvalue weighted by Crippen LogP contribution is 2.51. The zero-order chi connectivity index (χ0) is 19.9. The number of hydrogen-bond donors (Lipinski definition) is 0. The second-order valence-corrected chi connectivity index (χ2v) is 7.70. The van der Waals surface area contributed by atoms with Crippen LogP contribution in [0, 0.1) is 5.41 Å². The molecule has 0 saturated heterocycles. The lowest BCUT2D eigenvalue weighted by Gasteiger charge is -2.17. The highest BCUT2D eigenvalue weighted by atomic mass is 16.5. The van der Waals surface area contributed by atoms with E-state index in [-0.39, 0.29) is 11.2 Å². The lowest BCUT2D eigenvalue weighted by molar-refractivity contribution is 0.0994. The molecule has 2 aliphatic carbocycles. The molecule has 1 aromatic carbocycles. The van der Waals surface area contributed by atoms with Gasteiger partial charge < -0.3 is 14.0 Å². The Balaban J connectivity index is 1.85. The summed E-state index contributed by atoms with van der Waals surface area (Å²) >= 11 is 0. The molecular weight excluding hydrogens is 352 g/mol. The van der Waals surface area contributed by atoms with Crippen molar-refractivity contribution in [3.8, 4) is 17.0 Å². The summed E-state index contributed by atoms with van der Waals surface area (Å²) < 4.78 is 13.0. The van der Waals surface area contributed by atoms with Gasteiger partial charge in [0.2, 0.25) is 0 Å². The number of pyridine rings is 1. The summed E-state index contributed by atoms with van der Waals surface area (Å²) in [7, 11) is 5.35. The van der Waals surface area contributed by atoms with E-state index in [1.807, 2.05) is 35.9 Å². The first-order valence-corrected chi connectivity index (χ1v) is 9.63. The van der Waals surface area contributed by atoms with Gasteiger partial charge in [0.05, 0.1) is 13.7 Å². The van der Waals surface area contributed by atoms with E-state index >= 15 is 0 Å². The SMILES string of the molecule is C=C(N=c1c(OC)ccc(-c2cccc3c2CCC3=O)n1C)C1(COC)CC1. The van der Waals surface area contributed by atoms with E-state index in [1.54, 1.807) is 14.2 Å². The number of ketones is 1. The summed E-state index contributed by atoms with van der Waals surface area (Å²) in [4.78, 5) is 17.0. The molecule has 2 aliphatic rings. The smallest absolute Gasteiger partial charge is 0.175 e. The number of aromatic nitrogens is 1. The summed E-state index contributed by atoms with van der Waals surface area (Å²) in [6.07, 6.45) is 3.46. The molecule has 0 spiro atoms. The average Bonchev–Trinajstić information content (AvgIpc) is 3.39. The van der Waals surface area contributed by atoms with Gasteiger partial charge in [-0.15, -0.1) is 0 Å². The molecule has 2 aromatic rings. The summed E-state index contributed by atoms with van der Waals surface area (Å²) in [6, 6.07) is 9.92. The lowest BCUT2D eigenvalue weighted by Crippen LogP contribution is -2.23. The van der Waals surface area contributed by atoms with Gasteiger partial charge >= 0.3 is 0 Å². The van der Waals surface area contributed by atoms with Crippen LogP contribution in [0.4, 0.5) is 0 Å². The molecule has 0 N–H and O–H groups in total. The Morgan fingerprint density at radius 1 is 1.18 bits per heavy atom. The molecule has 5 heteroatoms. The molecule has 0 bridgehead atoms. The standard InChI is InChI=1S/C23H26N2O3/c1-15(23(12-13-23)14-27-3)24-22-21(28-4)11-9-19(25(22)2)17-6-5-7-18-16(17)8-10-20(18)26/h5-7,9,11H,1,8,10,12-14H2,2-4H3. The van der Waals surface area contributed by atoms with Crippen LogP contribution in [-0.4, -0.2) is 31.2 Å². The van der Waals surface area contributed by atoms with Gasteiger partial charge in [0.15, 0.2) is 17.0 Å². The normalized spacial score (nSPS) is 17.5. The number of Topliss-reactive ketones (excluding diaryl/α,β-unsaturated/α-hetero) is 1. The van der Waals surface area contributed by atoms with Gasteiger partial charge in [0.25, 0.3) is 0 Å². The van der Waals surface area contributed by atoms with E-state index in [0.717, 1.165) is 52.8 Å². The second kappa shape index (κ2) is 7.06. The van der Waals surface area contributed by atoms with Crippen molar-refractivity contribution < 1.29 is 14.3 Å². The van der Waals surface area contributed by atoms with Crippen molar-refractivity contribution in [1.82, 2.24) is 4.57 Å². The van der Waals surface area contributed by atoms with Crippen LogP contribution in [-0.2, 0) is 18.2 Å². The van der Waals surface area contributed by atoms with Gasteiger partial charge in [-0.25, -0.2) is 4.99 Å². The molecule has 146 valence electrons. The van der Waals surface area contributed by atoms with E-state index in [1.165, 1.54) is 0 Å². The highest BCUT2D eigenvalue weighted by molar-refractivity contribution is 6.02. The van der Waals surface area contributed by atoms with Crippen molar-refractivity contribution in [3.63, 3.8) is 0 Å². The van der Waals surface area contributed by atoms with Crippen LogP contribution in [0.15, 0.2) is 47.6 Å². The zero-order valence-electron chi connectivity index (χ0n) is 16.7. The van der Waals surface area contributed by atoms with Gasteiger partial charge in [-0.1, -0.05) is 24.8 Å². The maximum absolute atomic E-state index is 12.2. The lowest BCUT2D eigenvalue weighted by atomic mass is 10.00. The minimum absolute atomic E-state index is 0.0524. The number of ether oxygens (including phenoxy) is 2. The number of carbonyl (C=O) groups is 1. The van der Waals surface area contributed by atoms with Crippen molar-refractivity contribution in [2.75, 3.05) is 20.8 Å². The van der Waals surface area contributed by atoms with Gasteiger partial charge in [0.1, 0.15) is 0 Å². The number of nitrogens with zero attached hydrogens (tertiary/aromatic N) is 2. The minimum Gasteiger partial charge on any atom is -0.493 e. The molecule has 0 atom stereocenters. The van der Waals surface area contributed by atoms with E-state index in [9.17, 15) is 4.79 Å².